The lowest BCUT2D eigenvalue weighted by molar-refractivity contribution is -0.141. The van der Waals surface area contributed by atoms with Crippen molar-refractivity contribution in [3.05, 3.63) is 81.6 Å². The van der Waals surface area contributed by atoms with Crippen LogP contribution < -0.4 is 0 Å². The van der Waals surface area contributed by atoms with Gasteiger partial charge in [0.15, 0.2) is 17.6 Å². The molecule has 228 valence electrons. The molecule has 17 heteroatoms. The summed E-state index contributed by atoms with van der Waals surface area (Å²) in [6.07, 6.45) is -5.08. The Morgan fingerprint density at radius 2 is 1.77 bits per heavy atom. The average Bonchev–Trinajstić information content (AvgIpc) is 3.57. The van der Waals surface area contributed by atoms with Gasteiger partial charge in [-0.2, -0.15) is 23.4 Å². The number of methoxy groups -OCH3 is 1. The molecule has 10 nitrogen and oxygen atoms in total. The van der Waals surface area contributed by atoms with Crippen molar-refractivity contribution < 1.29 is 41.6 Å². The summed E-state index contributed by atoms with van der Waals surface area (Å²) in [5, 5.41) is 29.6. The van der Waals surface area contributed by atoms with Crippen LogP contribution in [0, 0.1) is 18.6 Å². The van der Waals surface area contributed by atoms with E-state index in [0.29, 0.717) is 0 Å². The van der Waals surface area contributed by atoms with E-state index in [0.717, 1.165) is 29.1 Å². The quantitative estimate of drug-likeness (QED) is 0.202. The van der Waals surface area contributed by atoms with E-state index in [9.17, 15) is 32.2 Å². The first kappa shape index (κ1) is 30.7. The number of hydrogen-bond acceptors (Lipinski definition) is 8. The van der Waals surface area contributed by atoms with Crippen LogP contribution in [0.15, 0.2) is 42.5 Å². The highest BCUT2D eigenvalue weighted by Crippen LogP contribution is 2.41. The van der Waals surface area contributed by atoms with E-state index in [1.54, 1.807) is 0 Å². The fraction of sp³-hybridized carbons (Fsp3) is 0.308. The summed E-state index contributed by atoms with van der Waals surface area (Å²) in [5.74, 6) is -3.44. The topological polar surface area (TPSA) is 120 Å². The van der Waals surface area contributed by atoms with Gasteiger partial charge in [0, 0.05) is 25.1 Å². The van der Waals surface area contributed by atoms with E-state index in [1.807, 2.05) is 0 Å². The number of ether oxygens (including phenoxy) is 2. The summed E-state index contributed by atoms with van der Waals surface area (Å²) in [6.45, 7) is 2.78. The summed E-state index contributed by atoms with van der Waals surface area (Å²) in [6, 6.07) is 1.69. The molecule has 5 rings (SSSR count). The molecule has 0 fully saturated rings. The maximum absolute atomic E-state index is 14.1. The monoisotopic (exact) mass is 646 g/mol. The number of aliphatic hydroxyl groups is 2. The molecule has 1 aliphatic rings. The van der Waals surface area contributed by atoms with Gasteiger partial charge in [-0.25, -0.2) is 23.4 Å². The van der Waals surface area contributed by atoms with Crippen LogP contribution in [0.4, 0.5) is 22.0 Å². The molecule has 43 heavy (non-hydrogen) atoms. The van der Waals surface area contributed by atoms with Gasteiger partial charge in [0.2, 0.25) is 11.6 Å². The Morgan fingerprint density at radius 1 is 1.09 bits per heavy atom. The fourth-order valence-electron chi connectivity index (χ4n) is 4.71. The van der Waals surface area contributed by atoms with Crippen LogP contribution in [0.5, 0.6) is 0 Å². The molecule has 0 radical (unpaired) electrons. The van der Waals surface area contributed by atoms with E-state index in [1.165, 1.54) is 38.0 Å². The minimum absolute atomic E-state index is 0.000760. The molecule has 1 aromatic carbocycles. The Labute approximate surface area is 249 Å². The molecule has 0 saturated carbocycles. The number of halogens is 7. The molecule has 3 unspecified atom stereocenters. The third kappa shape index (κ3) is 5.64. The molecule has 0 spiro atoms. The Bertz CT molecular complexity index is 1700. The SMILES string of the molecule is CO[C@H]1C(C(C)O)OC(c2nc(C)nn2-c2cc(Cl)cnc2C(F)(F)F)=C(O)C1n1cc(-c2cc(F)c(Cl)c(F)c2)cn1. The Balaban J connectivity index is 1.69. The minimum Gasteiger partial charge on any atom is -0.506 e. The van der Waals surface area contributed by atoms with Crippen molar-refractivity contribution in [2.75, 3.05) is 7.11 Å². The zero-order valence-electron chi connectivity index (χ0n) is 22.3. The van der Waals surface area contributed by atoms with Crippen LogP contribution in [0.2, 0.25) is 10.0 Å². The normalized spacial score (nSPS) is 19.9. The smallest absolute Gasteiger partial charge is 0.435 e. The molecule has 0 bridgehead atoms. The van der Waals surface area contributed by atoms with Crippen molar-refractivity contribution >= 4 is 29.0 Å². The maximum Gasteiger partial charge on any atom is 0.435 e. The summed E-state index contributed by atoms with van der Waals surface area (Å²) in [5.41, 5.74) is -1.65. The van der Waals surface area contributed by atoms with E-state index in [4.69, 9.17) is 32.7 Å². The van der Waals surface area contributed by atoms with E-state index < -0.39 is 70.1 Å². The van der Waals surface area contributed by atoms with Gasteiger partial charge in [-0.15, -0.1) is 0 Å². The lowest BCUT2D eigenvalue weighted by Crippen LogP contribution is -2.48. The molecular formula is C26H21Cl2F5N6O4. The first-order valence-corrected chi connectivity index (χ1v) is 13.1. The van der Waals surface area contributed by atoms with E-state index in [2.05, 4.69) is 20.2 Å². The lowest BCUT2D eigenvalue weighted by atomic mass is 9.96. The van der Waals surface area contributed by atoms with Crippen molar-refractivity contribution in [2.24, 2.45) is 0 Å². The van der Waals surface area contributed by atoms with Crippen LogP contribution in [-0.4, -0.2) is 65.2 Å². The number of nitrogens with zero attached hydrogens (tertiary/aromatic N) is 6. The van der Waals surface area contributed by atoms with Crippen LogP contribution in [-0.2, 0) is 15.7 Å². The number of alkyl halides is 3. The fourth-order valence-corrected chi connectivity index (χ4v) is 4.97. The number of aliphatic hydroxyl groups excluding tert-OH is 2. The second kappa shape index (κ2) is 11.4. The lowest BCUT2D eigenvalue weighted by Gasteiger charge is -2.39. The van der Waals surface area contributed by atoms with Crippen molar-refractivity contribution in [2.45, 2.75) is 44.4 Å². The summed E-state index contributed by atoms with van der Waals surface area (Å²) in [4.78, 5) is 7.61. The van der Waals surface area contributed by atoms with Gasteiger partial charge in [-0.3, -0.25) is 4.68 Å². The Morgan fingerprint density at radius 3 is 2.37 bits per heavy atom. The highest BCUT2D eigenvalue weighted by Gasteiger charge is 2.46. The Kier molecular flexibility index (Phi) is 8.11. The molecule has 0 saturated heterocycles. The van der Waals surface area contributed by atoms with E-state index >= 15 is 0 Å². The van der Waals surface area contributed by atoms with Gasteiger partial charge in [-0.05, 0) is 37.6 Å². The molecule has 4 heterocycles. The molecule has 2 N–H and O–H groups in total. The summed E-state index contributed by atoms with van der Waals surface area (Å²) >= 11 is 11.6. The van der Waals surface area contributed by atoms with Gasteiger partial charge >= 0.3 is 6.18 Å². The molecular weight excluding hydrogens is 626 g/mol. The first-order valence-electron chi connectivity index (χ1n) is 12.4. The first-order chi connectivity index (χ1) is 20.2. The molecule has 0 amide bonds. The molecule has 4 aromatic rings. The molecule has 0 aliphatic carbocycles. The minimum atomic E-state index is -4.92. The predicted octanol–water partition coefficient (Wildman–Crippen LogP) is 5.70. The van der Waals surface area contributed by atoms with Crippen molar-refractivity contribution in [1.82, 2.24) is 29.5 Å². The molecule has 3 aromatic heterocycles. The zero-order chi connectivity index (χ0) is 31.4. The van der Waals surface area contributed by atoms with Crippen LogP contribution in [0.3, 0.4) is 0 Å². The average molecular weight is 647 g/mol. The third-order valence-corrected chi connectivity index (χ3v) is 7.17. The van der Waals surface area contributed by atoms with Gasteiger partial charge in [0.05, 0.1) is 23.0 Å². The predicted molar refractivity (Wildman–Crippen MR) is 142 cm³/mol. The van der Waals surface area contributed by atoms with Crippen molar-refractivity contribution in [1.29, 1.82) is 0 Å². The van der Waals surface area contributed by atoms with Crippen LogP contribution >= 0.6 is 23.2 Å². The number of benzene rings is 1. The Hall–Kier alpha value is -3.79. The van der Waals surface area contributed by atoms with Gasteiger partial charge in [0.25, 0.3) is 0 Å². The maximum atomic E-state index is 14.1. The summed E-state index contributed by atoms with van der Waals surface area (Å²) in [7, 11) is 1.28. The standard InChI is InChI=1S/C26H21Cl2F5N6O4/c1-10(40)21-22(42-3)19(38-9-13(7-35-38)12-4-15(29)18(28)16(30)5-12)20(41)23(43-21)25-36-11(2)37-39(25)17-6-14(27)8-34-24(17)26(31,32)33/h4-10,19,21-22,40-41H,1-3H3/t10?,19?,21?,22-/m1/s1. The number of aryl methyl sites for hydroxylation is 1. The third-order valence-electron chi connectivity index (χ3n) is 6.60. The van der Waals surface area contributed by atoms with Crippen molar-refractivity contribution in [3.63, 3.8) is 0 Å². The number of pyridine rings is 1. The highest BCUT2D eigenvalue weighted by molar-refractivity contribution is 6.31. The molecule has 4 atom stereocenters. The van der Waals surface area contributed by atoms with Crippen LogP contribution in [0.1, 0.15) is 30.3 Å². The van der Waals surface area contributed by atoms with E-state index in [-0.39, 0.29) is 27.8 Å². The zero-order valence-corrected chi connectivity index (χ0v) is 23.8. The number of hydrogen-bond donors (Lipinski definition) is 2. The second-order valence-corrected chi connectivity index (χ2v) is 10.4. The molecule has 1 aliphatic heterocycles. The van der Waals surface area contributed by atoms with Gasteiger partial charge < -0.3 is 19.7 Å². The summed E-state index contributed by atoms with van der Waals surface area (Å²) < 4.78 is 83.4. The largest absolute Gasteiger partial charge is 0.506 e. The number of rotatable bonds is 6. The second-order valence-electron chi connectivity index (χ2n) is 9.56. The van der Waals surface area contributed by atoms with Gasteiger partial charge in [0.1, 0.15) is 34.6 Å². The van der Waals surface area contributed by atoms with Crippen molar-refractivity contribution in [3.8, 4) is 16.8 Å². The highest BCUT2D eigenvalue weighted by atomic mass is 35.5. The van der Waals surface area contributed by atoms with Crippen LogP contribution in [0.25, 0.3) is 22.6 Å². The van der Waals surface area contributed by atoms with Gasteiger partial charge in [-0.1, -0.05) is 23.2 Å². The number of aromatic nitrogens is 6.